The smallest absolute Gasteiger partial charge is 0.336 e. The molecular formula is C15H9NO5. The van der Waals surface area contributed by atoms with E-state index in [9.17, 15) is 14.9 Å². The number of para-hydroxylation sites is 1. The van der Waals surface area contributed by atoms with E-state index in [2.05, 4.69) is 0 Å². The van der Waals surface area contributed by atoms with Crippen molar-refractivity contribution >= 4 is 17.7 Å². The molecule has 1 aromatic heterocycles. The lowest BCUT2D eigenvalue weighted by molar-refractivity contribution is -0.384. The molecule has 104 valence electrons. The molecule has 0 radical (unpaired) electrons. The predicted molar refractivity (Wildman–Crippen MR) is 74.0 cm³/mol. The molecule has 0 saturated carbocycles. The van der Waals surface area contributed by atoms with Gasteiger partial charge in [-0.1, -0.05) is 12.1 Å². The Hall–Kier alpha value is -3.15. The molecular weight excluding hydrogens is 274 g/mol. The SMILES string of the molecule is O=C1C=C/C(=C/c2ccc(-c3ccccc3[N+](=O)[O-])o2)O1. The molecule has 0 aliphatic carbocycles. The van der Waals surface area contributed by atoms with E-state index in [1.54, 1.807) is 36.4 Å². The molecule has 1 aromatic carbocycles. The van der Waals surface area contributed by atoms with Gasteiger partial charge in [-0.25, -0.2) is 4.79 Å². The minimum absolute atomic E-state index is 0.0294. The second-order valence-electron chi connectivity index (χ2n) is 4.28. The Bertz CT molecular complexity index is 785. The first kappa shape index (κ1) is 12.9. The van der Waals surface area contributed by atoms with Crippen molar-refractivity contribution in [2.75, 3.05) is 0 Å². The standard InChI is InChI=1S/C15H9NO5/c17-15-8-6-11(21-15)9-10-5-7-14(20-10)12-3-1-2-4-13(12)16(18)19/h1-9H/b11-9-. The van der Waals surface area contributed by atoms with Crippen LogP contribution in [0.3, 0.4) is 0 Å². The van der Waals surface area contributed by atoms with Crippen molar-refractivity contribution in [3.63, 3.8) is 0 Å². The number of nitro groups is 1. The Kier molecular flexibility index (Phi) is 3.12. The first-order valence-corrected chi connectivity index (χ1v) is 6.09. The number of ether oxygens (including phenoxy) is 1. The maximum Gasteiger partial charge on any atom is 0.336 e. The predicted octanol–water partition coefficient (Wildman–Crippen LogP) is 3.31. The highest BCUT2D eigenvalue weighted by atomic mass is 16.6. The first-order valence-electron chi connectivity index (χ1n) is 6.09. The van der Waals surface area contributed by atoms with Crippen LogP contribution in [-0.2, 0) is 9.53 Å². The largest absolute Gasteiger partial charge is 0.456 e. The average molecular weight is 283 g/mol. The Morgan fingerprint density at radius 2 is 1.90 bits per heavy atom. The van der Waals surface area contributed by atoms with Gasteiger partial charge >= 0.3 is 5.97 Å². The summed E-state index contributed by atoms with van der Waals surface area (Å²) in [7, 11) is 0. The molecule has 1 aliphatic rings. The van der Waals surface area contributed by atoms with Crippen molar-refractivity contribution in [1.82, 2.24) is 0 Å². The number of cyclic esters (lactones) is 1. The maximum absolute atomic E-state index is 11.0. The summed E-state index contributed by atoms with van der Waals surface area (Å²) in [5.41, 5.74) is 0.365. The summed E-state index contributed by atoms with van der Waals surface area (Å²) in [6.45, 7) is 0. The number of nitrogens with zero attached hydrogens (tertiary/aromatic N) is 1. The van der Waals surface area contributed by atoms with E-state index in [4.69, 9.17) is 9.15 Å². The maximum atomic E-state index is 11.0. The number of carbonyl (C=O) groups is 1. The molecule has 1 aliphatic heterocycles. The van der Waals surface area contributed by atoms with Gasteiger partial charge in [0, 0.05) is 18.2 Å². The van der Waals surface area contributed by atoms with Gasteiger partial charge in [-0.15, -0.1) is 0 Å². The van der Waals surface area contributed by atoms with Gasteiger partial charge in [-0.3, -0.25) is 10.1 Å². The highest BCUT2D eigenvalue weighted by Gasteiger charge is 2.17. The van der Waals surface area contributed by atoms with E-state index in [0.29, 0.717) is 22.8 Å². The van der Waals surface area contributed by atoms with Crippen LogP contribution in [-0.4, -0.2) is 10.9 Å². The van der Waals surface area contributed by atoms with Crippen LogP contribution in [0.15, 0.2) is 58.7 Å². The molecule has 0 saturated heterocycles. The summed E-state index contributed by atoms with van der Waals surface area (Å²) in [5, 5.41) is 11.0. The van der Waals surface area contributed by atoms with Crippen LogP contribution in [0.5, 0.6) is 0 Å². The fourth-order valence-corrected chi connectivity index (χ4v) is 1.97. The molecule has 0 N–H and O–H groups in total. The van der Waals surface area contributed by atoms with Gasteiger partial charge in [-0.2, -0.15) is 0 Å². The molecule has 21 heavy (non-hydrogen) atoms. The molecule has 0 spiro atoms. The van der Waals surface area contributed by atoms with Crippen molar-refractivity contribution in [1.29, 1.82) is 0 Å². The fraction of sp³-hybridized carbons (Fsp3) is 0. The van der Waals surface area contributed by atoms with Crippen LogP contribution < -0.4 is 0 Å². The second kappa shape index (κ2) is 5.09. The summed E-state index contributed by atoms with van der Waals surface area (Å²) in [6, 6.07) is 9.61. The van der Waals surface area contributed by atoms with Crippen molar-refractivity contribution in [3.8, 4) is 11.3 Å². The van der Waals surface area contributed by atoms with Gasteiger partial charge in [0.1, 0.15) is 17.3 Å². The molecule has 0 amide bonds. The number of hydrogen-bond donors (Lipinski definition) is 0. The zero-order chi connectivity index (χ0) is 14.8. The Morgan fingerprint density at radius 1 is 1.10 bits per heavy atom. The number of esters is 1. The summed E-state index contributed by atoms with van der Waals surface area (Å²) in [4.78, 5) is 21.5. The van der Waals surface area contributed by atoms with Crippen LogP contribution in [0.1, 0.15) is 5.76 Å². The van der Waals surface area contributed by atoms with Crippen LogP contribution in [0, 0.1) is 10.1 Å². The van der Waals surface area contributed by atoms with Crippen molar-refractivity contribution in [3.05, 3.63) is 70.2 Å². The van der Waals surface area contributed by atoms with E-state index in [1.807, 2.05) is 0 Å². The summed E-state index contributed by atoms with van der Waals surface area (Å²) < 4.78 is 10.4. The highest BCUT2D eigenvalue weighted by Crippen LogP contribution is 2.31. The third-order valence-corrected chi connectivity index (χ3v) is 2.88. The van der Waals surface area contributed by atoms with E-state index in [-0.39, 0.29) is 5.69 Å². The average Bonchev–Trinajstić information content (AvgIpc) is 3.08. The highest BCUT2D eigenvalue weighted by molar-refractivity contribution is 5.87. The lowest BCUT2D eigenvalue weighted by Gasteiger charge is -1.98. The minimum atomic E-state index is -0.461. The van der Waals surface area contributed by atoms with Gasteiger partial charge in [0.25, 0.3) is 5.69 Å². The molecule has 3 rings (SSSR count). The Morgan fingerprint density at radius 3 is 2.62 bits per heavy atom. The first-order chi connectivity index (χ1) is 10.1. The fourth-order valence-electron chi connectivity index (χ4n) is 1.97. The monoisotopic (exact) mass is 283 g/mol. The number of carbonyl (C=O) groups excluding carboxylic acids is 1. The van der Waals surface area contributed by atoms with Crippen LogP contribution >= 0.6 is 0 Å². The Balaban J connectivity index is 1.94. The van der Waals surface area contributed by atoms with E-state index >= 15 is 0 Å². The molecule has 0 atom stereocenters. The van der Waals surface area contributed by atoms with Crippen molar-refractivity contribution in [2.24, 2.45) is 0 Å². The summed E-state index contributed by atoms with van der Waals surface area (Å²) in [6.07, 6.45) is 4.37. The summed E-state index contributed by atoms with van der Waals surface area (Å²) in [5.74, 6) is 0.746. The quantitative estimate of drug-likeness (QED) is 0.490. The van der Waals surface area contributed by atoms with Crippen molar-refractivity contribution in [2.45, 2.75) is 0 Å². The van der Waals surface area contributed by atoms with Gasteiger partial charge in [0.15, 0.2) is 0 Å². The molecule has 0 unspecified atom stereocenters. The molecule has 0 bridgehead atoms. The molecule has 2 heterocycles. The van der Waals surface area contributed by atoms with Gasteiger partial charge < -0.3 is 9.15 Å². The van der Waals surface area contributed by atoms with Crippen LogP contribution in [0.4, 0.5) is 5.69 Å². The van der Waals surface area contributed by atoms with Gasteiger partial charge in [0.05, 0.1) is 10.5 Å². The summed E-state index contributed by atoms with van der Waals surface area (Å²) >= 11 is 0. The number of benzene rings is 1. The molecule has 2 aromatic rings. The topological polar surface area (TPSA) is 82.6 Å². The van der Waals surface area contributed by atoms with Gasteiger partial charge in [0.2, 0.25) is 0 Å². The van der Waals surface area contributed by atoms with Crippen molar-refractivity contribution < 1.29 is 18.9 Å². The van der Waals surface area contributed by atoms with Gasteiger partial charge in [-0.05, 0) is 24.3 Å². The molecule has 0 fully saturated rings. The zero-order valence-electron chi connectivity index (χ0n) is 10.7. The van der Waals surface area contributed by atoms with Crippen LogP contribution in [0.25, 0.3) is 17.4 Å². The number of allylic oxidation sites excluding steroid dienone is 1. The Labute approximate surface area is 119 Å². The molecule has 6 nitrogen and oxygen atoms in total. The van der Waals surface area contributed by atoms with E-state index in [1.165, 1.54) is 18.2 Å². The zero-order valence-corrected chi connectivity index (χ0v) is 10.7. The number of hydrogen-bond acceptors (Lipinski definition) is 5. The third-order valence-electron chi connectivity index (χ3n) is 2.88. The van der Waals surface area contributed by atoms with E-state index in [0.717, 1.165) is 0 Å². The van der Waals surface area contributed by atoms with E-state index < -0.39 is 10.9 Å². The number of furan rings is 1. The minimum Gasteiger partial charge on any atom is -0.456 e. The second-order valence-corrected chi connectivity index (χ2v) is 4.28. The van der Waals surface area contributed by atoms with Crippen LogP contribution in [0.2, 0.25) is 0 Å². The number of nitro benzene ring substituents is 1. The third kappa shape index (κ3) is 2.59. The molecule has 6 heteroatoms. The lowest BCUT2D eigenvalue weighted by Crippen LogP contribution is -1.90. The lowest BCUT2D eigenvalue weighted by atomic mass is 10.1. The normalized spacial score (nSPS) is 15.4. The number of rotatable bonds is 3.